The molecule has 1 aromatic heterocycles. The van der Waals surface area contributed by atoms with Crippen LogP contribution in [0.5, 0.6) is 11.5 Å². The van der Waals surface area contributed by atoms with Gasteiger partial charge >= 0.3 is 0 Å². The number of methoxy groups -OCH3 is 2. The first-order chi connectivity index (χ1) is 10.2. The highest BCUT2D eigenvalue weighted by Gasteiger charge is 2.10. The number of ether oxygens (including phenoxy) is 2. The predicted molar refractivity (Wildman–Crippen MR) is 78.1 cm³/mol. The number of nitrogens with one attached hydrogen (secondary N) is 1. The molecule has 0 bridgehead atoms. The number of para-hydroxylation sites is 1. The summed E-state index contributed by atoms with van der Waals surface area (Å²) in [6, 6.07) is 6.99. The number of nitrogens with zero attached hydrogens (tertiary/aromatic N) is 1. The first kappa shape index (κ1) is 14.6. The van der Waals surface area contributed by atoms with E-state index < -0.39 is 0 Å². The third kappa shape index (κ3) is 3.22. The van der Waals surface area contributed by atoms with E-state index in [1.807, 2.05) is 6.07 Å². The Hall–Kier alpha value is -2.76. The zero-order chi connectivity index (χ0) is 15.2. The maximum atomic E-state index is 11.9. The van der Waals surface area contributed by atoms with Crippen molar-refractivity contribution in [3.8, 4) is 11.5 Å². The van der Waals surface area contributed by atoms with Gasteiger partial charge in [0.2, 0.25) is 0 Å². The van der Waals surface area contributed by atoms with E-state index in [1.165, 1.54) is 12.5 Å². The molecule has 1 aromatic carbocycles. The van der Waals surface area contributed by atoms with Crippen LogP contribution in [0.1, 0.15) is 21.7 Å². The molecule has 0 fully saturated rings. The van der Waals surface area contributed by atoms with Gasteiger partial charge in [0, 0.05) is 5.56 Å². The molecule has 0 radical (unpaired) electrons. The van der Waals surface area contributed by atoms with Gasteiger partial charge in [0.25, 0.3) is 5.91 Å². The molecule has 1 N–H and O–H groups in total. The number of aryl methyl sites for hydroxylation is 1. The Balaban J connectivity index is 2.12. The van der Waals surface area contributed by atoms with E-state index in [0.29, 0.717) is 28.4 Å². The lowest BCUT2D eigenvalue weighted by molar-refractivity contribution is 0.0953. The third-order valence-corrected chi connectivity index (χ3v) is 2.91. The lowest BCUT2D eigenvalue weighted by atomic mass is 10.2. The summed E-state index contributed by atoms with van der Waals surface area (Å²) in [6.07, 6.45) is 2.95. The Labute approximate surface area is 122 Å². The maximum absolute atomic E-state index is 11.9. The van der Waals surface area contributed by atoms with Gasteiger partial charge in [0.05, 0.1) is 32.3 Å². The van der Waals surface area contributed by atoms with Crippen LogP contribution in [-0.4, -0.2) is 26.3 Å². The molecule has 0 saturated heterocycles. The largest absolute Gasteiger partial charge is 0.493 e. The molecule has 0 aliphatic heterocycles. The minimum Gasteiger partial charge on any atom is -0.493 e. The zero-order valence-electron chi connectivity index (χ0n) is 12.0. The van der Waals surface area contributed by atoms with E-state index in [4.69, 9.17) is 13.9 Å². The first-order valence-electron chi connectivity index (χ1n) is 6.26. The number of rotatable bonds is 5. The summed E-state index contributed by atoms with van der Waals surface area (Å²) in [6.45, 7) is 1.71. The van der Waals surface area contributed by atoms with Crippen LogP contribution in [0.25, 0.3) is 0 Å². The first-order valence-corrected chi connectivity index (χ1v) is 6.26. The summed E-state index contributed by atoms with van der Waals surface area (Å²) in [5, 5.41) is 3.92. The molecule has 2 aromatic rings. The quantitative estimate of drug-likeness (QED) is 0.677. The number of hydrazone groups is 1. The van der Waals surface area contributed by atoms with Crippen LogP contribution in [0.15, 0.2) is 40.0 Å². The van der Waals surface area contributed by atoms with Crippen LogP contribution in [-0.2, 0) is 0 Å². The van der Waals surface area contributed by atoms with Crippen molar-refractivity contribution < 1.29 is 18.7 Å². The van der Waals surface area contributed by atoms with E-state index in [1.54, 1.807) is 39.3 Å². The summed E-state index contributed by atoms with van der Waals surface area (Å²) in [5.41, 5.74) is 3.58. The summed E-state index contributed by atoms with van der Waals surface area (Å²) in [4.78, 5) is 11.9. The average Bonchev–Trinajstić information content (AvgIpc) is 2.93. The smallest absolute Gasteiger partial charge is 0.274 e. The summed E-state index contributed by atoms with van der Waals surface area (Å²) in [7, 11) is 3.10. The second-order valence-electron chi connectivity index (χ2n) is 4.17. The molecule has 6 heteroatoms. The lowest BCUT2D eigenvalue weighted by Gasteiger charge is -2.09. The molecule has 0 spiro atoms. The maximum Gasteiger partial charge on any atom is 0.274 e. The van der Waals surface area contributed by atoms with Crippen molar-refractivity contribution in [1.82, 2.24) is 5.43 Å². The van der Waals surface area contributed by atoms with Gasteiger partial charge in [-0.15, -0.1) is 0 Å². The molecule has 6 nitrogen and oxygen atoms in total. The Morgan fingerprint density at radius 1 is 1.29 bits per heavy atom. The fourth-order valence-electron chi connectivity index (χ4n) is 1.85. The average molecular weight is 288 g/mol. The second-order valence-corrected chi connectivity index (χ2v) is 4.17. The standard InChI is InChI=1S/C15H16N2O4/c1-10-12(7-8-21-10)15(18)17-16-9-11-5-4-6-13(19-2)14(11)20-3/h4-9H,1-3H3,(H,17,18)/b16-9+. The van der Waals surface area contributed by atoms with Gasteiger partial charge in [-0.25, -0.2) is 5.43 Å². The van der Waals surface area contributed by atoms with Crippen LogP contribution >= 0.6 is 0 Å². The van der Waals surface area contributed by atoms with Crippen molar-refractivity contribution in [2.24, 2.45) is 5.10 Å². The fourth-order valence-corrected chi connectivity index (χ4v) is 1.85. The highest BCUT2D eigenvalue weighted by atomic mass is 16.5. The van der Waals surface area contributed by atoms with Crippen LogP contribution in [0, 0.1) is 6.92 Å². The number of carbonyl (C=O) groups is 1. The molecule has 1 amide bonds. The number of benzene rings is 1. The fraction of sp³-hybridized carbons (Fsp3) is 0.200. The third-order valence-electron chi connectivity index (χ3n) is 2.91. The van der Waals surface area contributed by atoms with Gasteiger partial charge in [-0.05, 0) is 25.1 Å². The Morgan fingerprint density at radius 3 is 2.71 bits per heavy atom. The van der Waals surface area contributed by atoms with Gasteiger partial charge in [0.15, 0.2) is 11.5 Å². The molecule has 2 rings (SSSR count). The number of amides is 1. The highest BCUT2D eigenvalue weighted by Crippen LogP contribution is 2.29. The highest BCUT2D eigenvalue weighted by molar-refractivity contribution is 5.96. The van der Waals surface area contributed by atoms with Crippen LogP contribution in [0.2, 0.25) is 0 Å². The second kappa shape index (κ2) is 6.60. The van der Waals surface area contributed by atoms with Gasteiger partial charge < -0.3 is 13.9 Å². The van der Waals surface area contributed by atoms with Crippen LogP contribution in [0.3, 0.4) is 0 Å². The Morgan fingerprint density at radius 2 is 2.10 bits per heavy atom. The van der Waals surface area contributed by atoms with Crippen molar-refractivity contribution in [2.45, 2.75) is 6.92 Å². The topological polar surface area (TPSA) is 73.1 Å². The summed E-state index contributed by atoms with van der Waals surface area (Å²) >= 11 is 0. The van der Waals surface area contributed by atoms with Gasteiger partial charge in [-0.1, -0.05) is 6.07 Å². The summed E-state index contributed by atoms with van der Waals surface area (Å²) < 4.78 is 15.5. The van der Waals surface area contributed by atoms with Crippen molar-refractivity contribution in [1.29, 1.82) is 0 Å². The van der Waals surface area contributed by atoms with Crippen molar-refractivity contribution in [2.75, 3.05) is 14.2 Å². The van der Waals surface area contributed by atoms with Crippen molar-refractivity contribution >= 4 is 12.1 Å². The van der Waals surface area contributed by atoms with Crippen LogP contribution < -0.4 is 14.9 Å². The monoisotopic (exact) mass is 288 g/mol. The molecular formula is C15H16N2O4. The van der Waals surface area contributed by atoms with Crippen LogP contribution in [0.4, 0.5) is 0 Å². The van der Waals surface area contributed by atoms with E-state index in [0.717, 1.165) is 0 Å². The molecule has 110 valence electrons. The zero-order valence-corrected chi connectivity index (χ0v) is 12.0. The molecule has 1 heterocycles. The van der Waals surface area contributed by atoms with E-state index in [-0.39, 0.29) is 5.91 Å². The minimum atomic E-state index is -0.334. The summed E-state index contributed by atoms with van der Waals surface area (Å²) in [5.74, 6) is 1.36. The molecule has 0 aliphatic carbocycles. The number of furan rings is 1. The number of hydrogen-bond acceptors (Lipinski definition) is 5. The van der Waals surface area contributed by atoms with Gasteiger partial charge in [-0.2, -0.15) is 5.10 Å². The van der Waals surface area contributed by atoms with Crippen molar-refractivity contribution in [3.63, 3.8) is 0 Å². The van der Waals surface area contributed by atoms with Gasteiger partial charge in [0.1, 0.15) is 5.76 Å². The Bertz CT molecular complexity index is 661. The normalized spacial score (nSPS) is 10.6. The molecule has 0 atom stereocenters. The van der Waals surface area contributed by atoms with E-state index in [9.17, 15) is 4.79 Å². The Kier molecular flexibility index (Phi) is 4.61. The van der Waals surface area contributed by atoms with Gasteiger partial charge in [-0.3, -0.25) is 4.79 Å². The van der Waals surface area contributed by atoms with E-state index >= 15 is 0 Å². The SMILES string of the molecule is COc1cccc(/C=N/NC(=O)c2ccoc2C)c1OC. The molecule has 0 saturated carbocycles. The minimum absolute atomic E-state index is 0.334. The number of carbonyl (C=O) groups excluding carboxylic acids is 1. The van der Waals surface area contributed by atoms with E-state index in [2.05, 4.69) is 10.5 Å². The molecule has 0 unspecified atom stereocenters. The molecule has 21 heavy (non-hydrogen) atoms. The molecule has 0 aliphatic rings. The predicted octanol–water partition coefficient (Wildman–Crippen LogP) is 2.37. The number of hydrogen-bond donors (Lipinski definition) is 1. The molecular weight excluding hydrogens is 272 g/mol. The lowest BCUT2D eigenvalue weighted by Crippen LogP contribution is -2.17. The van der Waals surface area contributed by atoms with Crippen molar-refractivity contribution in [3.05, 3.63) is 47.4 Å².